The SMILES string of the molecule is COc1ccc(SCC(=O)N(CCCn2ccnc2)c2nc3c(C)c(C)ccc3s2)cc1. The zero-order chi connectivity index (χ0) is 22.5. The van der Waals surface area contributed by atoms with Crippen LogP contribution in [0.4, 0.5) is 5.13 Å². The zero-order valence-electron chi connectivity index (χ0n) is 18.4. The summed E-state index contributed by atoms with van der Waals surface area (Å²) in [6.07, 6.45) is 6.33. The van der Waals surface area contributed by atoms with Crippen LogP contribution in [-0.4, -0.2) is 39.8 Å². The Hall–Kier alpha value is -2.84. The van der Waals surface area contributed by atoms with Crippen LogP contribution in [0, 0.1) is 13.8 Å². The molecule has 2 aromatic carbocycles. The lowest BCUT2D eigenvalue weighted by Crippen LogP contribution is -2.33. The van der Waals surface area contributed by atoms with E-state index in [-0.39, 0.29) is 5.91 Å². The van der Waals surface area contributed by atoms with E-state index in [1.807, 2.05) is 39.9 Å². The molecule has 0 fully saturated rings. The van der Waals surface area contributed by atoms with Crippen LogP contribution < -0.4 is 9.64 Å². The maximum atomic E-state index is 13.3. The van der Waals surface area contributed by atoms with E-state index in [0.717, 1.165) is 39.0 Å². The van der Waals surface area contributed by atoms with Gasteiger partial charge in [0.25, 0.3) is 0 Å². The monoisotopic (exact) mass is 466 g/mol. The lowest BCUT2D eigenvalue weighted by atomic mass is 10.1. The molecule has 0 bridgehead atoms. The van der Waals surface area contributed by atoms with Gasteiger partial charge in [-0.25, -0.2) is 9.97 Å². The number of thioether (sulfide) groups is 1. The average Bonchev–Trinajstić information content (AvgIpc) is 3.48. The van der Waals surface area contributed by atoms with Crippen molar-refractivity contribution in [3.8, 4) is 5.75 Å². The van der Waals surface area contributed by atoms with Gasteiger partial charge in [-0.05, 0) is 61.7 Å². The summed E-state index contributed by atoms with van der Waals surface area (Å²) in [5, 5.41) is 0.764. The number of anilines is 1. The van der Waals surface area contributed by atoms with Crippen LogP contribution in [-0.2, 0) is 11.3 Å². The predicted octanol–water partition coefficient (Wildman–Crippen LogP) is 5.33. The molecular formula is C24H26N4O2S2. The van der Waals surface area contributed by atoms with E-state index in [9.17, 15) is 4.79 Å². The highest BCUT2D eigenvalue weighted by atomic mass is 32.2. The first-order valence-electron chi connectivity index (χ1n) is 10.4. The fourth-order valence-electron chi connectivity index (χ4n) is 3.38. The minimum atomic E-state index is 0.0601. The summed E-state index contributed by atoms with van der Waals surface area (Å²) < 4.78 is 8.35. The van der Waals surface area contributed by atoms with Gasteiger partial charge in [0.2, 0.25) is 5.91 Å². The number of aromatic nitrogens is 3. The van der Waals surface area contributed by atoms with Crippen molar-refractivity contribution in [2.24, 2.45) is 0 Å². The molecule has 0 atom stereocenters. The number of rotatable bonds is 9. The van der Waals surface area contributed by atoms with Gasteiger partial charge >= 0.3 is 0 Å². The maximum Gasteiger partial charge on any atom is 0.239 e. The second kappa shape index (κ2) is 10.2. The molecule has 1 amide bonds. The fourth-order valence-corrected chi connectivity index (χ4v) is 5.23. The van der Waals surface area contributed by atoms with E-state index in [1.54, 1.807) is 31.0 Å². The van der Waals surface area contributed by atoms with E-state index in [0.29, 0.717) is 12.3 Å². The Morgan fingerprint density at radius 3 is 2.72 bits per heavy atom. The van der Waals surface area contributed by atoms with E-state index in [4.69, 9.17) is 9.72 Å². The van der Waals surface area contributed by atoms with Crippen molar-refractivity contribution in [1.29, 1.82) is 0 Å². The number of carbonyl (C=O) groups is 1. The molecule has 0 saturated carbocycles. The molecule has 0 spiro atoms. The summed E-state index contributed by atoms with van der Waals surface area (Å²) >= 11 is 3.11. The van der Waals surface area contributed by atoms with Gasteiger partial charge in [0.1, 0.15) is 5.75 Å². The maximum absolute atomic E-state index is 13.3. The first kappa shape index (κ1) is 22.4. The molecule has 2 aromatic heterocycles. The number of amides is 1. The first-order valence-corrected chi connectivity index (χ1v) is 12.2. The standard InChI is InChI=1S/C24H26N4O2S2/c1-17-5-10-21-23(18(17)2)26-24(32-21)28(13-4-12-27-14-11-25-16-27)22(29)15-31-20-8-6-19(30-3)7-9-20/h5-11,14,16H,4,12-13,15H2,1-3H3. The predicted molar refractivity (Wildman–Crippen MR) is 132 cm³/mol. The van der Waals surface area contributed by atoms with Gasteiger partial charge in [-0.1, -0.05) is 17.4 Å². The number of imidazole rings is 1. The fraction of sp³-hybridized carbons (Fsp3) is 0.292. The number of hydrogen-bond donors (Lipinski definition) is 0. The van der Waals surface area contributed by atoms with Crippen LogP contribution in [0.3, 0.4) is 0 Å². The Morgan fingerprint density at radius 1 is 1.19 bits per heavy atom. The molecule has 4 aromatic rings. The number of carbonyl (C=O) groups excluding carboxylic acids is 1. The van der Waals surface area contributed by atoms with Gasteiger partial charge in [0.05, 0.1) is 29.4 Å². The van der Waals surface area contributed by atoms with Crippen LogP contribution in [0.5, 0.6) is 5.75 Å². The zero-order valence-corrected chi connectivity index (χ0v) is 20.1. The summed E-state index contributed by atoms with van der Waals surface area (Å²) in [6.45, 7) is 5.59. The topological polar surface area (TPSA) is 60.2 Å². The quantitative estimate of drug-likeness (QED) is 0.312. The van der Waals surface area contributed by atoms with Crippen molar-refractivity contribution >= 4 is 44.4 Å². The Balaban J connectivity index is 1.52. The summed E-state index contributed by atoms with van der Waals surface area (Å²) in [5.41, 5.74) is 3.37. The number of nitrogens with zero attached hydrogens (tertiary/aromatic N) is 4. The Kier molecular flexibility index (Phi) is 7.12. The molecule has 6 nitrogen and oxygen atoms in total. The van der Waals surface area contributed by atoms with Gasteiger partial charge in [-0.3, -0.25) is 9.69 Å². The molecule has 4 rings (SSSR count). The summed E-state index contributed by atoms with van der Waals surface area (Å²) in [5.74, 6) is 1.22. The highest BCUT2D eigenvalue weighted by molar-refractivity contribution is 8.00. The second-order valence-electron chi connectivity index (χ2n) is 7.51. The minimum Gasteiger partial charge on any atom is -0.497 e. The van der Waals surface area contributed by atoms with Crippen LogP contribution in [0.1, 0.15) is 17.5 Å². The molecule has 0 N–H and O–H groups in total. The summed E-state index contributed by atoms with van der Waals surface area (Å²) in [6, 6.07) is 12.0. The van der Waals surface area contributed by atoms with Crippen molar-refractivity contribution < 1.29 is 9.53 Å². The van der Waals surface area contributed by atoms with Gasteiger partial charge in [0.15, 0.2) is 5.13 Å². The molecule has 0 aliphatic rings. The van der Waals surface area contributed by atoms with Crippen molar-refractivity contribution in [3.63, 3.8) is 0 Å². The van der Waals surface area contributed by atoms with Gasteiger partial charge in [-0.15, -0.1) is 11.8 Å². The molecule has 0 unspecified atom stereocenters. The first-order chi connectivity index (χ1) is 15.5. The number of ether oxygens (including phenoxy) is 1. The average molecular weight is 467 g/mol. The molecule has 8 heteroatoms. The third kappa shape index (κ3) is 5.14. The highest BCUT2D eigenvalue weighted by Gasteiger charge is 2.20. The van der Waals surface area contributed by atoms with Crippen LogP contribution >= 0.6 is 23.1 Å². The second-order valence-corrected chi connectivity index (χ2v) is 9.57. The van der Waals surface area contributed by atoms with E-state index >= 15 is 0 Å². The van der Waals surface area contributed by atoms with Crippen LogP contribution in [0.15, 0.2) is 60.0 Å². The van der Waals surface area contributed by atoms with Crippen molar-refractivity contribution in [2.45, 2.75) is 31.7 Å². The third-order valence-electron chi connectivity index (χ3n) is 5.38. The minimum absolute atomic E-state index is 0.0601. The third-order valence-corrected chi connectivity index (χ3v) is 7.42. The largest absolute Gasteiger partial charge is 0.497 e. The van der Waals surface area contributed by atoms with E-state index < -0.39 is 0 Å². The molecule has 0 radical (unpaired) electrons. The van der Waals surface area contributed by atoms with E-state index in [2.05, 4.69) is 31.0 Å². The molecule has 32 heavy (non-hydrogen) atoms. The highest BCUT2D eigenvalue weighted by Crippen LogP contribution is 2.33. The summed E-state index contributed by atoms with van der Waals surface area (Å²) in [4.78, 5) is 25.1. The van der Waals surface area contributed by atoms with Gasteiger partial charge in [-0.2, -0.15) is 0 Å². The molecular weight excluding hydrogens is 440 g/mol. The number of aryl methyl sites for hydroxylation is 3. The molecule has 0 aliphatic carbocycles. The molecule has 166 valence electrons. The molecule has 0 aliphatic heterocycles. The number of fused-ring (bicyclic) bond motifs is 1. The van der Waals surface area contributed by atoms with Gasteiger partial charge < -0.3 is 9.30 Å². The van der Waals surface area contributed by atoms with Gasteiger partial charge in [0, 0.05) is 30.4 Å². The lowest BCUT2D eigenvalue weighted by molar-refractivity contribution is -0.116. The van der Waals surface area contributed by atoms with E-state index in [1.165, 1.54) is 22.9 Å². The summed E-state index contributed by atoms with van der Waals surface area (Å²) in [7, 11) is 1.65. The molecule has 0 saturated heterocycles. The number of hydrogen-bond acceptors (Lipinski definition) is 6. The van der Waals surface area contributed by atoms with Crippen LogP contribution in [0.25, 0.3) is 10.2 Å². The normalized spacial score (nSPS) is 11.1. The molecule has 2 heterocycles. The Labute approximate surface area is 196 Å². The van der Waals surface area contributed by atoms with Crippen molar-refractivity contribution in [2.75, 3.05) is 24.3 Å². The Bertz CT molecular complexity index is 1190. The van der Waals surface area contributed by atoms with Crippen molar-refractivity contribution in [3.05, 3.63) is 66.2 Å². The van der Waals surface area contributed by atoms with Crippen molar-refractivity contribution in [1.82, 2.24) is 14.5 Å². The number of methoxy groups -OCH3 is 1. The Morgan fingerprint density at radius 2 is 2.00 bits per heavy atom. The lowest BCUT2D eigenvalue weighted by Gasteiger charge is -2.20. The number of thiazole rings is 1. The smallest absolute Gasteiger partial charge is 0.239 e. The van der Waals surface area contributed by atoms with Crippen LogP contribution in [0.2, 0.25) is 0 Å². The number of benzene rings is 2.